The van der Waals surface area contributed by atoms with E-state index in [1.165, 1.54) is 11.8 Å². The van der Waals surface area contributed by atoms with E-state index in [-0.39, 0.29) is 17.6 Å². The molecule has 2 aromatic rings. The first-order chi connectivity index (χ1) is 15.4. The second-order valence-corrected chi connectivity index (χ2v) is 9.43. The van der Waals surface area contributed by atoms with Gasteiger partial charge in [0, 0.05) is 44.5 Å². The van der Waals surface area contributed by atoms with Crippen molar-refractivity contribution in [3.63, 3.8) is 0 Å². The van der Waals surface area contributed by atoms with E-state index in [2.05, 4.69) is 38.8 Å². The van der Waals surface area contributed by atoms with Gasteiger partial charge in [0.15, 0.2) is 5.16 Å². The summed E-state index contributed by atoms with van der Waals surface area (Å²) in [5, 5.41) is 12.5. The molecule has 0 atom stereocenters. The van der Waals surface area contributed by atoms with Crippen molar-refractivity contribution in [3.8, 4) is 0 Å². The smallest absolute Gasteiger partial charge is 0.234 e. The largest absolute Gasteiger partial charge is 0.378 e. The van der Waals surface area contributed by atoms with Gasteiger partial charge >= 0.3 is 0 Å². The fourth-order valence-electron chi connectivity index (χ4n) is 4.04. The maximum atomic E-state index is 12.6. The molecule has 0 spiro atoms. The molecule has 32 heavy (non-hydrogen) atoms. The summed E-state index contributed by atoms with van der Waals surface area (Å²) >= 11 is 1.40. The lowest BCUT2D eigenvalue weighted by Gasteiger charge is -2.28. The number of morpholine rings is 1. The number of aromatic nitrogens is 3. The van der Waals surface area contributed by atoms with Crippen molar-refractivity contribution in [2.75, 3.05) is 53.7 Å². The monoisotopic (exact) mass is 458 g/mol. The summed E-state index contributed by atoms with van der Waals surface area (Å²) in [6, 6.07) is 5.71. The van der Waals surface area contributed by atoms with Gasteiger partial charge in [-0.3, -0.25) is 14.2 Å². The van der Waals surface area contributed by atoms with Crippen LogP contribution in [0.3, 0.4) is 0 Å². The molecule has 0 bridgehead atoms. The van der Waals surface area contributed by atoms with Crippen molar-refractivity contribution in [1.82, 2.24) is 14.8 Å². The summed E-state index contributed by atoms with van der Waals surface area (Å²) in [4.78, 5) is 28.3. The van der Waals surface area contributed by atoms with Gasteiger partial charge in [-0.05, 0) is 36.1 Å². The van der Waals surface area contributed by atoms with Crippen molar-refractivity contribution in [2.45, 2.75) is 38.9 Å². The molecule has 3 heterocycles. The van der Waals surface area contributed by atoms with Crippen LogP contribution >= 0.6 is 11.8 Å². The third kappa shape index (κ3) is 5.07. The summed E-state index contributed by atoms with van der Waals surface area (Å²) in [5.41, 5.74) is 2.76. The Morgan fingerprint density at radius 2 is 1.97 bits per heavy atom. The predicted octanol–water partition coefficient (Wildman–Crippen LogP) is 2.41. The molecule has 9 nitrogen and oxygen atoms in total. The van der Waals surface area contributed by atoms with Crippen LogP contribution in [0.4, 0.5) is 17.3 Å². The zero-order valence-corrected chi connectivity index (χ0v) is 19.7. The van der Waals surface area contributed by atoms with Crippen molar-refractivity contribution in [1.29, 1.82) is 0 Å². The summed E-state index contributed by atoms with van der Waals surface area (Å²) in [6.45, 7) is 10.3. The van der Waals surface area contributed by atoms with E-state index >= 15 is 0 Å². The highest BCUT2D eigenvalue weighted by Crippen LogP contribution is 2.31. The second kappa shape index (κ2) is 9.91. The number of amides is 2. The molecular formula is C22H30N6O3S. The lowest BCUT2D eigenvalue weighted by molar-refractivity contribution is -0.116. The van der Waals surface area contributed by atoms with Crippen molar-refractivity contribution >= 4 is 40.9 Å². The van der Waals surface area contributed by atoms with Gasteiger partial charge in [-0.1, -0.05) is 25.6 Å². The topological polar surface area (TPSA) is 92.6 Å². The first-order valence-corrected chi connectivity index (χ1v) is 12.0. The molecule has 2 amide bonds. The zero-order valence-electron chi connectivity index (χ0n) is 18.8. The van der Waals surface area contributed by atoms with Crippen molar-refractivity contribution < 1.29 is 14.3 Å². The van der Waals surface area contributed by atoms with Crippen LogP contribution in [-0.4, -0.2) is 65.2 Å². The van der Waals surface area contributed by atoms with E-state index in [9.17, 15) is 9.59 Å². The van der Waals surface area contributed by atoms with E-state index in [0.717, 1.165) is 54.1 Å². The average Bonchev–Trinajstić information content (AvgIpc) is 3.36. The standard InChI is InChI=1S/C22H30N6O3S/c1-15(2)13-28-21(26-8-10-31-11-9-26)24-25-22(28)32-14-20(30)23-18-4-5-19-17(12-18)6-7-27(19)16(3)29/h4-5,12,15H,6-11,13-14H2,1-3H3,(H,23,30). The second-order valence-electron chi connectivity index (χ2n) is 8.49. The molecule has 1 N–H and O–H groups in total. The number of carbonyl (C=O) groups is 2. The van der Waals surface area contributed by atoms with Crippen molar-refractivity contribution in [2.24, 2.45) is 5.92 Å². The highest BCUT2D eigenvalue weighted by atomic mass is 32.2. The fraction of sp³-hybridized carbons (Fsp3) is 0.545. The number of nitrogens with zero attached hydrogens (tertiary/aromatic N) is 5. The Hall–Kier alpha value is -2.59. The van der Waals surface area contributed by atoms with E-state index in [1.807, 2.05) is 18.2 Å². The number of hydrogen-bond acceptors (Lipinski definition) is 7. The normalized spacial score (nSPS) is 15.9. The minimum absolute atomic E-state index is 0.0406. The number of thioether (sulfide) groups is 1. The van der Waals surface area contributed by atoms with E-state index in [1.54, 1.807) is 11.8 Å². The van der Waals surface area contributed by atoms with E-state index in [0.29, 0.717) is 25.7 Å². The fourth-order valence-corrected chi connectivity index (χ4v) is 4.79. The highest BCUT2D eigenvalue weighted by Gasteiger charge is 2.23. The van der Waals surface area contributed by atoms with Gasteiger partial charge in [0.1, 0.15) is 0 Å². The van der Waals surface area contributed by atoms with Gasteiger partial charge in [-0.15, -0.1) is 10.2 Å². The first kappa shape index (κ1) is 22.6. The van der Waals surface area contributed by atoms with Gasteiger partial charge in [-0.25, -0.2) is 0 Å². The molecular weight excluding hydrogens is 428 g/mol. The number of anilines is 3. The van der Waals surface area contributed by atoms with Crippen molar-refractivity contribution in [3.05, 3.63) is 23.8 Å². The Balaban J connectivity index is 1.40. The van der Waals surface area contributed by atoms with Gasteiger partial charge in [0.2, 0.25) is 17.8 Å². The number of fused-ring (bicyclic) bond motifs is 1. The van der Waals surface area contributed by atoms with Gasteiger partial charge in [-0.2, -0.15) is 0 Å². The predicted molar refractivity (Wildman–Crippen MR) is 125 cm³/mol. The van der Waals surface area contributed by atoms with Gasteiger partial charge in [0.25, 0.3) is 0 Å². The third-order valence-corrected chi connectivity index (χ3v) is 6.48. The highest BCUT2D eigenvalue weighted by molar-refractivity contribution is 7.99. The van der Waals surface area contributed by atoms with Crippen LogP contribution in [0.15, 0.2) is 23.4 Å². The number of hydrogen-bond donors (Lipinski definition) is 1. The molecule has 0 aliphatic carbocycles. The molecule has 2 aliphatic rings. The molecule has 0 radical (unpaired) electrons. The maximum absolute atomic E-state index is 12.6. The third-order valence-electron chi connectivity index (χ3n) is 5.51. The summed E-state index contributed by atoms with van der Waals surface area (Å²) in [5.74, 6) is 1.47. The molecule has 0 unspecified atom stereocenters. The Bertz CT molecular complexity index is 986. The molecule has 0 saturated carbocycles. The number of ether oxygens (including phenoxy) is 1. The summed E-state index contributed by atoms with van der Waals surface area (Å²) in [6.07, 6.45) is 0.802. The molecule has 2 aliphatic heterocycles. The first-order valence-electron chi connectivity index (χ1n) is 11.0. The Morgan fingerprint density at radius 1 is 1.19 bits per heavy atom. The number of rotatable bonds is 7. The lowest BCUT2D eigenvalue weighted by atomic mass is 10.1. The van der Waals surface area contributed by atoms with Crippen LogP contribution < -0.4 is 15.1 Å². The number of benzene rings is 1. The quantitative estimate of drug-likeness (QED) is 0.637. The van der Waals surface area contributed by atoms with E-state index < -0.39 is 0 Å². The SMILES string of the molecule is CC(=O)N1CCc2cc(NC(=O)CSc3nnc(N4CCOCC4)n3CC(C)C)ccc21. The Labute approximate surface area is 192 Å². The van der Waals surface area contributed by atoms with Crippen LogP contribution in [0.25, 0.3) is 0 Å². The molecule has 1 aromatic heterocycles. The molecule has 1 aromatic carbocycles. The molecule has 172 valence electrons. The lowest BCUT2D eigenvalue weighted by Crippen LogP contribution is -2.38. The molecule has 10 heteroatoms. The van der Waals surface area contributed by atoms with Crippen LogP contribution in [-0.2, 0) is 27.3 Å². The van der Waals surface area contributed by atoms with Gasteiger partial charge < -0.3 is 19.9 Å². The van der Waals surface area contributed by atoms with Crippen LogP contribution in [0.1, 0.15) is 26.3 Å². The number of carbonyl (C=O) groups excluding carboxylic acids is 2. The van der Waals surface area contributed by atoms with E-state index in [4.69, 9.17) is 4.74 Å². The maximum Gasteiger partial charge on any atom is 0.234 e. The zero-order chi connectivity index (χ0) is 22.7. The number of nitrogens with one attached hydrogen (secondary N) is 1. The average molecular weight is 459 g/mol. The summed E-state index contributed by atoms with van der Waals surface area (Å²) in [7, 11) is 0. The molecule has 4 rings (SSSR count). The van der Waals surface area contributed by atoms with Crippen LogP contribution in [0.5, 0.6) is 0 Å². The van der Waals surface area contributed by atoms with Crippen LogP contribution in [0.2, 0.25) is 0 Å². The minimum atomic E-state index is -0.0941. The Kier molecular flexibility index (Phi) is 7.00. The van der Waals surface area contributed by atoms with Crippen LogP contribution in [0, 0.1) is 5.92 Å². The van der Waals surface area contributed by atoms with Gasteiger partial charge in [0.05, 0.1) is 19.0 Å². The summed E-state index contributed by atoms with van der Waals surface area (Å²) < 4.78 is 7.56. The minimum Gasteiger partial charge on any atom is -0.378 e. The molecule has 1 fully saturated rings. The Morgan fingerprint density at radius 3 is 2.69 bits per heavy atom. The molecule has 1 saturated heterocycles.